The molecule has 0 spiro atoms. The average Bonchev–Trinajstić information content (AvgIpc) is 3.04. The summed E-state index contributed by atoms with van der Waals surface area (Å²) in [4.78, 5) is 19.1. The lowest BCUT2D eigenvalue weighted by Gasteiger charge is -2.18. The Morgan fingerprint density at radius 3 is 2.92 bits per heavy atom. The molecule has 2 aromatic rings. The molecule has 0 radical (unpaired) electrons. The summed E-state index contributed by atoms with van der Waals surface area (Å²) in [6, 6.07) is 14.2. The zero-order chi connectivity index (χ0) is 17.6. The molecule has 1 aromatic carbocycles. The van der Waals surface area contributed by atoms with Gasteiger partial charge in [0.05, 0.1) is 10.3 Å². The number of rotatable bonds is 6. The van der Waals surface area contributed by atoms with Crippen LogP contribution in [0.5, 0.6) is 0 Å². The predicted octanol–water partition coefficient (Wildman–Crippen LogP) is 3.61. The molecule has 1 aliphatic rings. The maximum Gasteiger partial charge on any atom is 0.233 e. The van der Waals surface area contributed by atoms with Crippen LogP contribution in [0, 0.1) is 0 Å². The molecule has 1 saturated heterocycles. The van der Waals surface area contributed by atoms with E-state index in [1.165, 1.54) is 17.3 Å². The summed E-state index contributed by atoms with van der Waals surface area (Å²) in [6.07, 6.45) is 2.68. The molecule has 6 heteroatoms. The van der Waals surface area contributed by atoms with Crippen LogP contribution >= 0.6 is 23.4 Å². The maximum atomic E-state index is 12.5. The Bertz CT molecular complexity index is 713. The van der Waals surface area contributed by atoms with Gasteiger partial charge in [0.15, 0.2) is 0 Å². The molecular weight excluding hydrogens is 354 g/mol. The third-order valence-electron chi connectivity index (χ3n) is 4.25. The summed E-state index contributed by atoms with van der Waals surface area (Å²) < 4.78 is 0. The number of hydrogen-bond acceptors (Lipinski definition) is 4. The molecule has 1 aliphatic heterocycles. The van der Waals surface area contributed by atoms with Gasteiger partial charge in [-0.25, -0.2) is 4.98 Å². The summed E-state index contributed by atoms with van der Waals surface area (Å²) in [5.74, 6) is 0.0401. The summed E-state index contributed by atoms with van der Waals surface area (Å²) in [6.45, 7) is 4.72. The van der Waals surface area contributed by atoms with Gasteiger partial charge in [-0.3, -0.25) is 9.69 Å². The van der Waals surface area contributed by atoms with E-state index in [1.807, 2.05) is 13.0 Å². The van der Waals surface area contributed by atoms with Crippen LogP contribution in [0.3, 0.4) is 0 Å². The summed E-state index contributed by atoms with van der Waals surface area (Å²) >= 11 is 7.51. The highest BCUT2D eigenvalue weighted by atomic mass is 35.5. The fraction of sp³-hybridized carbons (Fsp3) is 0.368. The lowest BCUT2D eigenvalue weighted by Crippen LogP contribution is -2.40. The maximum absolute atomic E-state index is 12.5. The highest BCUT2D eigenvalue weighted by Gasteiger charge is 2.26. The van der Waals surface area contributed by atoms with Crippen molar-refractivity contribution in [3.8, 4) is 0 Å². The average molecular weight is 376 g/mol. The number of nitrogens with one attached hydrogen (secondary N) is 1. The van der Waals surface area contributed by atoms with Gasteiger partial charge in [0, 0.05) is 31.9 Å². The van der Waals surface area contributed by atoms with Crippen molar-refractivity contribution in [3.05, 3.63) is 59.2 Å². The molecule has 2 atom stereocenters. The van der Waals surface area contributed by atoms with Crippen LogP contribution < -0.4 is 5.32 Å². The number of thioether (sulfide) groups is 1. The Labute approximate surface area is 158 Å². The second kappa shape index (κ2) is 8.70. The van der Waals surface area contributed by atoms with Gasteiger partial charge in [-0.2, -0.15) is 0 Å². The molecule has 132 valence electrons. The van der Waals surface area contributed by atoms with Gasteiger partial charge in [0.2, 0.25) is 5.91 Å². The number of carbonyl (C=O) groups excluding carboxylic acids is 1. The van der Waals surface area contributed by atoms with Crippen molar-refractivity contribution in [1.29, 1.82) is 0 Å². The van der Waals surface area contributed by atoms with Crippen molar-refractivity contribution in [2.24, 2.45) is 0 Å². The fourth-order valence-electron chi connectivity index (χ4n) is 2.93. The summed E-state index contributed by atoms with van der Waals surface area (Å²) in [5.41, 5.74) is 1.31. The number of likely N-dealkylation sites (tertiary alicyclic amines) is 1. The van der Waals surface area contributed by atoms with Crippen molar-refractivity contribution in [3.63, 3.8) is 0 Å². The number of pyridine rings is 1. The molecule has 0 saturated carbocycles. The van der Waals surface area contributed by atoms with E-state index in [0.29, 0.717) is 10.0 Å². The van der Waals surface area contributed by atoms with Crippen molar-refractivity contribution in [2.75, 3.05) is 13.1 Å². The van der Waals surface area contributed by atoms with Gasteiger partial charge in [0.25, 0.3) is 0 Å². The van der Waals surface area contributed by atoms with Crippen molar-refractivity contribution < 1.29 is 4.79 Å². The number of halogens is 1. The fourth-order valence-corrected chi connectivity index (χ4v) is 4.00. The van der Waals surface area contributed by atoms with E-state index in [4.69, 9.17) is 11.6 Å². The molecule has 1 amide bonds. The van der Waals surface area contributed by atoms with E-state index in [9.17, 15) is 4.79 Å². The molecule has 1 fully saturated rings. The lowest BCUT2D eigenvalue weighted by molar-refractivity contribution is -0.120. The molecule has 1 N–H and O–H groups in total. The van der Waals surface area contributed by atoms with Crippen LogP contribution in [-0.4, -0.2) is 40.2 Å². The number of hydrogen-bond donors (Lipinski definition) is 1. The minimum Gasteiger partial charge on any atom is -0.351 e. The molecule has 25 heavy (non-hydrogen) atoms. The molecule has 2 unspecified atom stereocenters. The van der Waals surface area contributed by atoms with E-state index >= 15 is 0 Å². The van der Waals surface area contributed by atoms with Crippen molar-refractivity contribution in [1.82, 2.24) is 15.2 Å². The van der Waals surface area contributed by atoms with Crippen LogP contribution in [0.2, 0.25) is 5.02 Å². The van der Waals surface area contributed by atoms with Gasteiger partial charge >= 0.3 is 0 Å². The van der Waals surface area contributed by atoms with Gasteiger partial charge in [-0.1, -0.05) is 53.7 Å². The number of amides is 1. The van der Waals surface area contributed by atoms with E-state index < -0.39 is 0 Å². The highest BCUT2D eigenvalue weighted by Crippen LogP contribution is 2.28. The molecule has 1 aromatic heterocycles. The molecule has 3 rings (SSSR count). The smallest absolute Gasteiger partial charge is 0.233 e. The second-order valence-electron chi connectivity index (χ2n) is 6.27. The topological polar surface area (TPSA) is 45.2 Å². The van der Waals surface area contributed by atoms with E-state index in [-0.39, 0.29) is 17.2 Å². The standard InChI is InChI=1S/C19H22ClN3OS/c1-14(25-19-17(20)8-5-10-21-19)18(24)22-16-9-11-23(13-16)12-15-6-3-2-4-7-15/h2-8,10,14,16H,9,11-13H2,1H3,(H,22,24). The lowest BCUT2D eigenvalue weighted by atomic mass is 10.2. The molecule has 2 heterocycles. The molecule has 0 bridgehead atoms. The largest absolute Gasteiger partial charge is 0.351 e. The van der Waals surface area contributed by atoms with Gasteiger partial charge < -0.3 is 5.32 Å². The number of nitrogens with zero attached hydrogens (tertiary/aromatic N) is 2. The Balaban J connectivity index is 1.47. The summed E-state index contributed by atoms with van der Waals surface area (Å²) in [7, 11) is 0. The monoisotopic (exact) mass is 375 g/mol. The second-order valence-corrected chi connectivity index (χ2v) is 8.00. The van der Waals surface area contributed by atoms with Crippen molar-refractivity contribution >= 4 is 29.3 Å². The van der Waals surface area contributed by atoms with Crippen LogP contribution in [0.25, 0.3) is 0 Å². The van der Waals surface area contributed by atoms with Gasteiger partial charge in [-0.05, 0) is 31.0 Å². The summed E-state index contributed by atoms with van der Waals surface area (Å²) in [5, 5.41) is 4.22. The third kappa shape index (κ3) is 5.21. The van der Waals surface area contributed by atoms with Gasteiger partial charge in [-0.15, -0.1) is 0 Å². The zero-order valence-electron chi connectivity index (χ0n) is 14.2. The van der Waals surface area contributed by atoms with Crippen LogP contribution in [0.4, 0.5) is 0 Å². The van der Waals surface area contributed by atoms with E-state index in [0.717, 1.165) is 26.1 Å². The number of carbonyl (C=O) groups is 1. The Hall–Kier alpha value is -1.56. The van der Waals surface area contributed by atoms with Crippen LogP contribution in [0.1, 0.15) is 18.9 Å². The molecule has 4 nitrogen and oxygen atoms in total. The van der Waals surface area contributed by atoms with Crippen LogP contribution in [-0.2, 0) is 11.3 Å². The third-order valence-corrected chi connectivity index (χ3v) is 5.78. The molecular formula is C19H22ClN3OS. The first-order valence-corrected chi connectivity index (χ1v) is 9.71. The minimum atomic E-state index is -0.226. The van der Waals surface area contributed by atoms with Crippen molar-refractivity contribution in [2.45, 2.75) is 36.2 Å². The Morgan fingerprint density at radius 1 is 1.36 bits per heavy atom. The Morgan fingerprint density at radius 2 is 2.16 bits per heavy atom. The Kier molecular flexibility index (Phi) is 6.34. The minimum absolute atomic E-state index is 0.0401. The quantitative estimate of drug-likeness (QED) is 0.783. The first-order valence-electron chi connectivity index (χ1n) is 8.45. The number of aromatic nitrogens is 1. The predicted molar refractivity (Wildman–Crippen MR) is 103 cm³/mol. The van der Waals surface area contributed by atoms with E-state index in [1.54, 1.807) is 18.3 Å². The van der Waals surface area contributed by atoms with Crippen LogP contribution in [0.15, 0.2) is 53.7 Å². The SMILES string of the molecule is CC(Sc1ncccc1Cl)C(=O)NC1CCN(Cc2ccccc2)C1. The van der Waals surface area contributed by atoms with Gasteiger partial charge in [0.1, 0.15) is 5.03 Å². The first-order chi connectivity index (χ1) is 12.1. The first kappa shape index (κ1) is 18.2. The van der Waals surface area contributed by atoms with E-state index in [2.05, 4.69) is 39.5 Å². The highest BCUT2D eigenvalue weighted by molar-refractivity contribution is 8.00. The zero-order valence-corrected chi connectivity index (χ0v) is 15.8. The normalized spacial score (nSPS) is 18.9. The molecule has 0 aliphatic carbocycles. The number of benzene rings is 1.